The van der Waals surface area contributed by atoms with E-state index in [0.29, 0.717) is 30.2 Å². The highest BCUT2D eigenvalue weighted by Gasteiger charge is 2.27. The van der Waals surface area contributed by atoms with E-state index in [9.17, 15) is 4.79 Å². The maximum absolute atomic E-state index is 12.2. The first kappa shape index (κ1) is 18.1. The van der Waals surface area contributed by atoms with Crippen molar-refractivity contribution < 1.29 is 19.0 Å². The topological polar surface area (TPSA) is 82.8 Å². The third kappa shape index (κ3) is 4.04. The van der Waals surface area contributed by atoms with Gasteiger partial charge in [-0.25, -0.2) is 0 Å². The van der Waals surface area contributed by atoms with Crippen LogP contribution < -0.4 is 25.3 Å². The lowest BCUT2D eigenvalue weighted by Gasteiger charge is -2.23. The van der Waals surface area contributed by atoms with Gasteiger partial charge in [0.05, 0.1) is 26.9 Å². The van der Waals surface area contributed by atoms with E-state index in [-0.39, 0.29) is 5.91 Å². The predicted octanol–water partition coefficient (Wildman–Crippen LogP) is 1.85. The van der Waals surface area contributed by atoms with E-state index in [1.807, 2.05) is 13.0 Å². The predicted molar refractivity (Wildman–Crippen MR) is 85.4 cm³/mol. The van der Waals surface area contributed by atoms with E-state index in [4.69, 9.17) is 19.9 Å². The molecule has 6 nitrogen and oxygen atoms in total. The minimum absolute atomic E-state index is 0.189. The molecule has 22 heavy (non-hydrogen) atoms. The lowest BCUT2D eigenvalue weighted by atomic mass is 9.96. The van der Waals surface area contributed by atoms with Crippen LogP contribution in [0.2, 0.25) is 0 Å². The lowest BCUT2D eigenvalue weighted by Crippen LogP contribution is -2.51. The number of rotatable bonds is 8. The Kier molecular flexibility index (Phi) is 6.49. The molecule has 0 aliphatic rings. The minimum atomic E-state index is -0.876. The Hall–Kier alpha value is -1.95. The van der Waals surface area contributed by atoms with Crippen molar-refractivity contribution in [2.45, 2.75) is 38.8 Å². The van der Waals surface area contributed by atoms with Crippen molar-refractivity contribution in [3.63, 3.8) is 0 Å². The van der Waals surface area contributed by atoms with Crippen molar-refractivity contribution in [1.82, 2.24) is 5.32 Å². The highest BCUT2D eigenvalue weighted by atomic mass is 16.5. The van der Waals surface area contributed by atoms with Crippen molar-refractivity contribution in [1.29, 1.82) is 0 Å². The maximum atomic E-state index is 12.2. The molecular weight excluding hydrogens is 284 g/mol. The summed E-state index contributed by atoms with van der Waals surface area (Å²) >= 11 is 0. The molecule has 0 aliphatic carbocycles. The summed E-state index contributed by atoms with van der Waals surface area (Å²) in [7, 11) is 4.65. The summed E-state index contributed by atoms with van der Waals surface area (Å²) in [5.74, 6) is 1.42. The van der Waals surface area contributed by atoms with Gasteiger partial charge >= 0.3 is 0 Å². The molecule has 0 aliphatic heterocycles. The molecule has 0 aromatic heterocycles. The largest absolute Gasteiger partial charge is 0.493 e. The van der Waals surface area contributed by atoms with Crippen LogP contribution in [0.3, 0.4) is 0 Å². The van der Waals surface area contributed by atoms with Gasteiger partial charge in [0.2, 0.25) is 11.7 Å². The van der Waals surface area contributed by atoms with Crippen molar-refractivity contribution in [3.8, 4) is 17.2 Å². The smallest absolute Gasteiger partial charge is 0.240 e. The first-order valence-corrected chi connectivity index (χ1v) is 7.26. The number of methoxy groups -OCH3 is 3. The van der Waals surface area contributed by atoms with Crippen LogP contribution in [-0.4, -0.2) is 32.8 Å². The van der Waals surface area contributed by atoms with Gasteiger partial charge in [-0.1, -0.05) is 13.3 Å². The number of amides is 1. The fourth-order valence-electron chi connectivity index (χ4n) is 2.31. The average molecular weight is 310 g/mol. The minimum Gasteiger partial charge on any atom is -0.493 e. The maximum Gasteiger partial charge on any atom is 0.240 e. The summed E-state index contributed by atoms with van der Waals surface area (Å²) in [5.41, 5.74) is 5.94. The van der Waals surface area contributed by atoms with Gasteiger partial charge in [-0.2, -0.15) is 0 Å². The Morgan fingerprint density at radius 3 is 2.32 bits per heavy atom. The molecule has 0 heterocycles. The van der Waals surface area contributed by atoms with E-state index < -0.39 is 5.54 Å². The van der Waals surface area contributed by atoms with Gasteiger partial charge in [-0.15, -0.1) is 0 Å². The fourth-order valence-corrected chi connectivity index (χ4v) is 2.31. The third-order valence-corrected chi connectivity index (χ3v) is 3.51. The highest BCUT2D eigenvalue weighted by Crippen LogP contribution is 2.39. The van der Waals surface area contributed by atoms with E-state index in [2.05, 4.69) is 5.32 Å². The van der Waals surface area contributed by atoms with Gasteiger partial charge in [-0.3, -0.25) is 4.79 Å². The van der Waals surface area contributed by atoms with Gasteiger partial charge < -0.3 is 25.3 Å². The SMILES string of the molecule is CCCC(C)(N)C(=O)NCc1ccc(OC)c(OC)c1OC. The van der Waals surface area contributed by atoms with Crippen molar-refractivity contribution in [2.24, 2.45) is 5.73 Å². The molecule has 1 amide bonds. The standard InChI is InChI=1S/C16H26N2O4/c1-6-9-16(2,17)15(19)18-10-11-7-8-12(20-3)14(22-5)13(11)21-4/h7-8H,6,9-10,17H2,1-5H3,(H,18,19). The van der Waals surface area contributed by atoms with Crippen LogP contribution >= 0.6 is 0 Å². The first-order valence-electron chi connectivity index (χ1n) is 7.26. The van der Waals surface area contributed by atoms with E-state index in [0.717, 1.165) is 12.0 Å². The monoisotopic (exact) mass is 310 g/mol. The molecule has 3 N–H and O–H groups in total. The molecule has 0 bridgehead atoms. The fraction of sp³-hybridized carbons (Fsp3) is 0.562. The zero-order chi connectivity index (χ0) is 16.8. The van der Waals surface area contributed by atoms with Gasteiger partial charge in [0.15, 0.2) is 11.5 Å². The summed E-state index contributed by atoms with van der Waals surface area (Å²) in [6.07, 6.45) is 1.47. The first-order chi connectivity index (χ1) is 10.4. The second kappa shape index (κ2) is 7.89. The number of hydrogen-bond donors (Lipinski definition) is 2. The molecule has 6 heteroatoms. The van der Waals surface area contributed by atoms with Crippen molar-refractivity contribution >= 4 is 5.91 Å². The number of nitrogens with two attached hydrogens (primary N) is 1. The van der Waals surface area contributed by atoms with Crippen LogP contribution in [0.15, 0.2) is 12.1 Å². The third-order valence-electron chi connectivity index (χ3n) is 3.51. The Balaban J connectivity index is 2.93. The highest BCUT2D eigenvalue weighted by molar-refractivity contribution is 5.85. The van der Waals surface area contributed by atoms with Crippen molar-refractivity contribution in [3.05, 3.63) is 17.7 Å². The second-order valence-corrected chi connectivity index (χ2v) is 5.34. The van der Waals surface area contributed by atoms with Gasteiger partial charge in [0.1, 0.15) is 0 Å². The van der Waals surface area contributed by atoms with Crippen LogP contribution in [-0.2, 0) is 11.3 Å². The van der Waals surface area contributed by atoms with Crippen LogP contribution in [0.5, 0.6) is 17.2 Å². The zero-order valence-corrected chi connectivity index (χ0v) is 14.0. The number of nitrogens with one attached hydrogen (secondary N) is 1. The molecule has 1 rings (SSSR count). The summed E-state index contributed by atoms with van der Waals surface area (Å²) in [5, 5.41) is 2.85. The Morgan fingerprint density at radius 1 is 1.18 bits per heavy atom. The Morgan fingerprint density at radius 2 is 1.82 bits per heavy atom. The Labute approximate surface area is 131 Å². The molecule has 1 aromatic rings. The van der Waals surface area contributed by atoms with Crippen molar-refractivity contribution in [2.75, 3.05) is 21.3 Å². The molecule has 0 fully saturated rings. The number of hydrogen-bond acceptors (Lipinski definition) is 5. The number of carbonyl (C=O) groups excluding carboxylic acids is 1. The normalized spacial score (nSPS) is 13.2. The van der Waals surface area contributed by atoms with Gasteiger partial charge in [0.25, 0.3) is 0 Å². The van der Waals surface area contributed by atoms with Crippen LogP contribution in [0.25, 0.3) is 0 Å². The molecule has 1 unspecified atom stereocenters. The molecule has 124 valence electrons. The van der Waals surface area contributed by atoms with Gasteiger partial charge in [-0.05, 0) is 25.5 Å². The average Bonchev–Trinajstić information content (AvgIpc) is 2.51. The quantitative estimate of drug-likeness (QED) is 0.765. The molecule has 0 saturated carbocycles. The van der Waals surface area contributed by atoms with E-state index >= 15 is 0 Å². The summed E-state index contributed by atoms with van der Waals surface area (Å²) in [6, 6.07) is 3.60. The van der Waals surface area contributed by atoms with E-state index in [1.54, 1.807) is 34.3 Å². The zero-order valence-electron chi connectivity index (χ0n) is 14.0. The summed E-state index contributed by atoms with van der Waals surface area (Å²) in [4.78, 5) is 12.2. The van der Waals surface area contributed by atoms with Crippen LogP contribution in [0.1, 0.15) is 32.3 Å². The molecule has 0 saturated heterocycles. The molecular formula is C16H26N2O4. The number of benzene rings is 1. The number of ether oxygens (including phenoxy) is 3. The Bertz CT molecular complexity index is 515. The molecule has 1 atom stereocenters. The summed E-state index contributed by atoms with van der Waals surface area (Å²) in [6.45, 7) is 4.03. The van der Waals surface area contributed by atoms with Gasteiger partial charge in [0, 0.05) is 12.1 Å². The molecule has 0 spiro atoms. The second-order valence-electron chi connectivity index (χ2n) is 5.34. The van der Waals surface area contributed by atoms with Crippen LogP contribution in [0, 0.1) is 0 Å². The van der Waals surface area contributed by atoms with E-state index in [1.165, 1.54) is 0 Å². The molecule has 0 radical (unpaired) electrons. The molecule has 1 aromatic carbocycles. The summed E-state index contributed by atoms with van der Waals surface area (Å²) < 4.78 is 15.9. The number of carbonyl (C=O) groups is 1. The van der Waals surface area contributed by atoms with Crippen LogP contribution in [0.4, 0.5) is 0 Å². The lowest BCUT2D eigenvalue weighted by molar-refractivity contribution is -0.126.